The molecule has 114 valence electrons. The molecule has 5 heteroatoms. The van der Waals surface area contributed by atoms with E-state index < -0.39 is 0 Å². The van der Waals surface area contributed by atoms with Crippen molar-refractivity contribution in [1.82, 2.24) is 5.32 Å². The van der Waals surface area contributed by atoms with Gasteiger partial charge in [0.05, 0.1) is 12.6 Å². The molecule has 22 heavy (non-hydrogen) atoms. The number of carbonyl (C=O) groups excluding carboxylic acids is 1. The molecule has 0 radical (unpaired) electrons. The zero-order chi connectivity index (χ0) is 15.4. The molecule has 0 saturated heterocycles. The van der Waals surface area contributed by atoms with Gasteiger partial charge in [-0.3, -0.25) is 4.79 Å². The van der Waals surface area contributed by atoms with Crippen LogP contribution in [0, 0.1) is 0 Å². The SMILES string of the molecule is O=C(N[C@H](CO)Cc1ccccc1)c1ccc2c(c1)OCO2. The number of nitrogens with one attached hydrogen (secondary N) is 1. The molecular weight excluding hydrogens is 282 g/mol. The lowest BCUT2D eigenvalue weighted by molar-refractivity contribution is 0.0916. The predicted molar refractivity (Wildman–Crippen MR) is 81.1 cm³/mol. The number of fused-ring (bicyclic) bond motifs is 1. The van der Waals surface area contributed by atoms with Gasteiger partial charge in [-0.25, -0.2) is 0 Å². The standard InChI is InChI=1S/C17H17NO4/c19-10-14(8-12-4-2-1-3-5-12)18-17(20)13-6-7-15-16(9-13)22-11-21-15/h1-7,9,14,19H,8,10-11H2,(H,18,20)/t14-/m0/s1. The summed E-state index contributed by atoms with van der Waals surface area (Å²) in [5, 5.41) is 12.3. The van der Waals surface area contributed by atoms with E-state index in [1.54, 1.807) is 18.2 Å². The maximum Gasteiger partial charge on any atom is 0.251 e. The summed E-state index contributed by atoms with van der Waals surface area (Å²) in [5.41, 5.74) is 1.54. The summed E-state index contributed by atoms with van der Waals surface area (Å²) in [6.45, 7) is 0.0544. The first kappa shape index (κ1) is 14.4. The summed E-state index contributed by atoms with van der Waals surface area (Å²) in [6, 6.07) is 14.4. The molecule has 0 fully saturated rings. The van der Waals surface area contributed by atoms with Gasteiger partial charge >= 0.3 is 0 Å². The molecule has 1 atom stereocenters. The fourth-order valence-corrected chi connectivity index (χ4v) is 2.37. The molecule has 3 rings (SSSR count). The smallest absolute Gasteiger partial charge is 0.251 e. The Morgan fingerprint density at radius 2 is 1.91 bits per heavy atom. The first-order valence-corrected chi connectivity index (χ1v) is 7.11. The topological polar surface area (TPSA) is 67.8 Å². The lowest BCUT2D eigenvalue weighted by Gasteiger charge is -2.16. The second kappa shape index (κ2) is 6.49. The van der Waals surface area contributed by atoms with E-state index in [4.69, 9.17) is 9.47 Å². The van der Waals surface area contributed by atoms with Crippen LogP contribution in [0.4, 0.5) is 0 Å². The highest BCUT2D eigenvalue weighted by Crippen LogP contribution is 2.32. The summed E-state index contributed by atoms with van der Waals surface area (Å²) >= 11 is 0. The van der Waals surface area contributed by atoms with E-state index in [9.17, 15) is 9.90 Å². The van der Waals surface area contributed by atoms with E-state index in [0.29, 0.717) is 23.5 Å². The lowest BCUT2D eigenvalue weighted by atomic mass is 10.1. The number of hydrogen-bond donors (Lipinski definition) is 2. The minimum absolute atomic E-state index is 0.120. The van der Waals surface area contributed by atoms with Gasteiger partial charge in [-0.05, 0) is 30.2 Å². The number of aliphatic hydroxyl groups excluding tert-OH is 1. The predicted octanol–water partition coefficient (Wildman–Crippen LogP) is 1.75. The molecule has 1 aliphatic rings. The largest absolute Gasteiger partial charge is 0.454 e. The third kappa shape index (κ3) is 3.20. The molecule has 0 aromatic heterocycles. The molecule has 0 aliphatic carbocycles. The Labute approximate surface area is 128 Å². The van der Waals surface area contributed by atoms with Crippen molar-refractivity contribution in [2.75, 3.05) is 13.4 Å². The summed E-state index contributed by atoms with van der Waals surface area (Å²) in [6.07, 6.45) is 0.577. The maximum atomic E-state index is 12.3. The van der Waals surface area contributed by atoms with Crippen LogP contribution in [0.25, 0.3) is 0 Å². The lowest BCUT2D eigenvalue weighted by Crippen LogP contribution is -2.39. The summed E-state index contributed by atoms with van der Waals surface area (Å²) in [7, 11) is 0. The molecule has 0 unspecified atom stereocenters. The fourth-order valence-electron chi connectivity index (χ4n) is 2.37. The number of aliphatic hydroxyl groups is 1. The minimum Gasteiger partial charge on any atom is -0.454 e. The number of hydrogen-bond acceptors (Lipinski definition) is 4. The van der Waals surface area contributed by atoms with Gasteiger partial charge in [0, 0.05) is 5.56 Å². The van der Waals surface area contributed by atoms with Gasteiger partial charge < -0.3 is 19.9 Å². The highest BCUT2D eigenvalue weighted by molar-refractivity contribution is 5.95. The Hall–Kier alpha value is -2.53. The zero-order valence-corrected chi connectivity index (χ0v) is 12.0. The molecule has 1 amide bonds. The van der Waals surface area contributed by atoms with Gasteiger partial charge in [-0.2, -0.15) is 0 Å². The Balaban J connectivity index is 1.67. The average Bonchev–Trinajstić information content (AvgIpc) is 3.02. The van der Waals surface area contributed by atoms with Crippen LogP contribution in [-0.4, -0.2) is 30.5 Å². The summed E-state index contributed by atoms with van der Waals surface area (Å²) in [4.78, 5) is 12.3. The van der Waals surface area contributed by atoms with Gasteiger partial charge in [0.25, 0.3) is 5.91 Å². The van der Waals surface area contributed by atoms with Crippen LogP contribution >= 0.6 is 0 Å². The van der Waals surface area contributed by atoms with E-state index in [-0.39, 0.29) is 25.3 Å². The van der Waals surface area contributed by atoms with Crippen molar-refractivity contribution in [3.63, 3.8) is 0 Å². The van der Waals surface area contributed by atoms with E-state index in [1.807, 2.05) is 30.3 Å². The molecule has 0 saturated carbocycles. The fraction of sp³-hybridized carbons (Fsp3) is 0.235. The first-order chi connectivity index (χ1) is 10.8. The van der Waals surface area contributed by atoms with Crippen molar-refractivity contribution >= 4 is 5.91 Å². The van der Waals surface area contributed by atoms with Crippen molar-refractivity contribution in [2.24, 2.45) is 0 Å². The Morgan fingerprint density at radius 1 is 1.14 bits per heavy atom. The Bertz CT molecular complexity index is 657. The van der Waals surface area contributed by atoms with E-state index >= 15 is 0 Å². The van der Waals surface area contributed by atoms with Crippen molar-refractivity contribution < 1.29 is 19.4 Å². The Morgan fingerprint density at radius 3 is 2.68 bits per heavy atom. The van der Waals surface area contributed by atoms with Crippen LogP contribution in [0.1, 0.15) is 15.9 Å². The molecular formula is C17H17NO4. The van der Waals surface area contributed by atoms with Crippen LogP contribution in [0.3, 0.4) is 0 Å². The minimum atomic E-state index is -0.333. The Kier molecular flexibility index (Phi) is 4.25. The highest BCUT2D eigenvalue weighted by Gasteiger charge is 2.18. The van der Waals surface area contributed by atoms with Crippen molar-refractivity contribution in [2.45, 2.75) is 12.5 Å². The maximum absolute atomic E-state index is 12.3. The number of ether oxygens (including phenoxy) is 2. The molecule has 2 aromatic carbocycles. The van der Waals surface area contributed by atoms with Crippen LogP contribution in [0.5, 0.6) is 11.5 Å². The highest BCUT2D eigenvalue weighted by atomic mass is 16.7. The zero-order valence-electron chi connectivity index (χ0n) is 12.0. The molecule has 0 spiro atoms. The van der Waals surface area contributed by atoms with Gasteiger partial charge in [-0.15, -0.1) is 0 Å². The van der Waals surface area contributed by atoms with Crippen LogP contribution in [-0.2, 0) is 6.42 Å². The van der Waals surface area contributed by atoms with Crippen molar-refractivity contribution in [3.8, 4) is 11.5 Å². The van der Waals surface area contributed by atoms with Gasteiger partial charge in [0.1, 0.15) is 0 Å². The third-order valence-electron chi connectivity index (χ3n) is 3.52. The molecule has 1 aliphatic heterocycles. The normalized spacial score (nSPS) is 13.7. The summed E-state index contributed by atoms with van der Waals surface area (Å²) in [5.74, 6) is 0.962. The monoisotopic (exact) mass is 299 g/mol. The molecule has 5 nitrogen and oxygen atoms in total. The third-order valence-corrected chi connectivity index (χ3v) is 3.52. The number of amides is 1. The van der Waals surface area contributed by atoms with Gasteiger partial charge in [0.15, 0.2) is 11.5 Å². The van der Waals surface area contributed by atoms with Crippen LogP contribution < -0.4 is 14.8 Å². The second-order valence-corrected chi connectivity index (χ2v) is 5.11. The second-order valence-electron chi connectivity index (χ2n) is 5.11. The molecule has 0 bridgehead atoms. The number of benzene rings is 2. The molecule has 1 heterocycles. The van der Waals surface area contributed by atoms with Crippen LogP contribution in [0.15, 0.2) is 48.5 Å². The molecule has 2 aromatic rings. The number of carbonyl (C=O) groups is 1. The summed E-state index contributed by atoms with van der Waals surface area (Å²) < 4.78 is 10.5. The van der Waals surface area contributed by atoms with E-state index in [0.717, 1.165) is 5.56 Å². The average molecular weight is 299 g/mol. The van der Waals surface area contributed by atoms with Crippen molar-refractivity contribution in [1.29, 1.82) is 0 Å². The first-order valence-electron chi connectivity index (χ1n) is 7.11. The van der Waals surface area contributed by atoms with E-state index in [2.05, 4.69) is 5.32 Å². The van der Waals surface area contributed by atoms with Gasteiger partial charge in [-0.1, -0.05) is 30.3 Å². The quantitative estimate of drug-likeness (QED) is 0.882. The van der Waals surface area contributed by atoms with Crippen molar-refractivity contribution in [3.05, 3.63) is 59.7 Å². The van der Waals surface area contributed by atoms with E-state index in [1.165, 1.54) is 0 Å². The van der Waals surface area contributed by atoms with Gasteiger partial charge in [0.2, 0.25) is 6.79 Å². The number of rotatable bonds is 5. The molecule has 2 N–H and O–H groups in total. The van der Waals surface area contributed by atoms with Crippen LogP contribution in [0.2, 0.25) is 0 Å².